The van der Waals surface area contributed by atoms with Gasteiger partial charge in [0.15, 0.2) is 0 Å². The molecule has 0 atom stereocenters. The molecule has 0 spiro atoms. The lowest BCUT2D eigenvalue weighted by molar-refractivity contribution is 0.719. The minimum atomic E-state index is 0.816. The van der Waals surface area contributed by atoms with Crippen LogP contribution in [-0.4, -0.2) is 16.1 Å². The summed E-state index contributed by atoms with van der Waals surface area (Å²) in [6, 6.07) is 14.6. The number of hydrogen-bond acceptors (Lipinski definition) is 2. The molecule has 20 heavy (non-hydrogen) atoms. The molecule has 3 nitrogen and oxygen atoms in total. The first-order valence-corrected chi connectivity index (χ1v) is 7.05. The van der Waals surface area contributed by atoms with Crippen LogP contribution in [0.5, 0.6) is 0 Å². The summed E-state index contributed by atoms with van der Waals surface area (Å²) in [4.78, 5) is 4.71. The van der Waals surface area contributed by atoms with E-state index in [0.717, 1.165) is 30.8 Å². The highest BCUT2D eigenvalue weighted by atomic mass is 15.0. The number of para-hydroxylation sites is 1. The van der Waals surface area contributed by atoms with E-state index in [1.807, 2.05) is 12.1 Å². The summed E-state index contributed by atoms with van der Waals surface area (Å²) in [7, 11) is 0. The molecule has 102 valence electrons. The van der Waals surface area contributed by atoms with Crippen molar-refractivity contribution in [2.45, 2.75) is 20.0 Å². The molecule has 0 aliphatic carbocycles. The van der Waals surface area contributed by atoms with Crippen molar-refractivity contribution in [3.05, 3.63) is 66.1 Å². The number of fused-ring (bicyclic) bond motifs is 1. The van der Waals surface area contributed by atoms with E-state index >= 15 is 0 Å². The third-order valence-corrected chi connectivity index (χ3v) is 3.39. The number of aromatic nitrogens is 2. The quantitative estimate of drug-likeness (QED) is 0.768. The molecule has 2 aromatic heterocycles. The van der Waals surface area contributed by atoms with Gasteiger partial charge in [-0.25, -0.2) is 0 Å². The van der Waals surface area contributed by atoms with E-state index in [-0.39, 0.29) is 0 Å². The molecule has 0 unspecified atom stereocenters. The molecule has 0 aliphatic rings. The summed E-state index contributed by atoms with van der Waals surface area (Å²) in [5, 5.41) is 4.53. The van der Waals surface area contributed by atoms with E-state index in [4.69, 9.17) is 4.98 Å². The molecule has 3 rings (SSSR count). The molecule has 0 saturated carbocycles. The molecule has 1 aromatic carbocycles. The predicted octanol–water partition coefficient (Wildman–Crippen LogP) is 3.19. The Labute approximate surface area is 119 Å². The van der Waals surface area contributed by atoms with Gasteiger partial charge in [-0.3, -0.25) is 4.98 Å². The lowest BCUT2D eigenvalue weighted by atomic mass is 10.2. The normalized spacial score (nSPS) is 11.1. The van der Waals surface area contributed by atoms with Gasteiger partial charge < -0.3 is 9.88 Å². The van der Waals surface area contributed by atoms with Crippen LogP contribution in [0.4, 0.5) is 0 Å². The summed E-state index contributed by atoms with van der Waals surface area (Å²) in [6.45, 7) is 4.86. The van der Waals surface area contributed by atoms with Gasteiger partial charge in [0.1, 0.15) is 0 Å². The fraction of sp³-hybridized carbons (Fsp3) is 0.235. The third kappa shape index (κ3) is 2.89. The van der Waals surface area contributed by atoms with Gasteiger partial charge in [0.2, 0.25) is 0 Å². The Morgan fingerprint density at radius 2 is 2.00 bits per heavy atom. The molecule has 0 bridgehead atoms. The Morgan fingerprint density at radius 3 is 2.90 bits per heavy atom. The van der Waals surface area contributed by atoms with Gasteiger partial charge in [0.05, 0.1) is 17.8 Å². The first kappa shape index (κ1) is 12.9. The lowest BCUT2D eigenvalue weighted by Crippen LogP contribution is -2.11. The van der Waals surface area contributed by atoms with Crippen molar-refractivity contribution >= 4 is 10.9 Å². The van der Waals surface area contributed by atoms with Crippen LogP contribution in [0.2, 0.25) is 0 Å². The highest BCUT2D eigenvalue weighted by molar-refractivity contribution is 5.78. The second-order valence-electron chi connectivity index (χ2n) is 4.97. The molecule has 0 amide bonds. The zero-order valence-corrected chi connectivity index (χ0v) is 11.7. The highest BCUT2D eigenvalue weighted by Crippen LogP contribution is 2.13. The van der Waals surface area contributed by atoms with Gasteiger partial charge in [-0.2, -0.15) is 0 Å². The lowest BCUT2D eigenvalue weighted by Gasteiger charge is -2.04. The Morgan fingerprint density at radius 1 is 1.10 bits per heavy atom. The van der Waals surface area contributed by atoms with Crippen LogP contribution in [0, 0.1) is 0 Å². The molecule has 0 radical (unpaired) electrons. The number of nitrogens with zero attached hydrogens (tertiary/aromatic N) is 2. The van der Waals surface area contributed by atoms with Gasteiger partial charge in [0, 0.05) is 24.3 Å². The SMILES string of the molecule is CCNCc1ccn(Cc2ccc3ccccc3n2)c1. The number of benzene rings is 1. The summed E-state index contributed by atoms with van der Waals surface area (Å²) < 4.78 is 2.18. The van der Waals surface area contributed by atoms with Crippen molar-refractivity contribution < 1.29 is 0 Å². The van der Waals surface area contributed by atoms with Crippen LogP contribution in [-0.2, 0) is 13.1 Å². The van der Waals surface area contributed by atoms with Crippen molar-refractivity contribution in [2.24, 2.45) is 0 Å². The first-order chi connectivity index (χ1) is 9.85. The number of hydrogen-bond donors (Lipinski definition) is 1. The first-order valence-electron chi connectivity index (χ1n) is 7.05. The summed E-state index contributed by atoms with van der Waals surface area (Å²) in [6.07, 6.45) is 4.29. The van der Waals surface area contributed by atoms with E-state index in [1.165, 1.54) is 10.9 Å². The number of nitrogens with one attached hydrogen (secondary N) is 1. The smallest absolute Gasteiger partial charge is 0.0706 e. The fourth-order valence-electron chi connectivity index (χ4n) is 2.35. The Kier molecular flexibility index (Phi) is 3.79. The second kappa shape index (κ2) is 5.88. The van der Waals surface area contributed by atoms with Gasteiger partial charge >= 0.3 is 0 Å². The van der Waals surface area contributed by atoms with E-state index < -0.39 is 0 Å². The molecule has 0 saturated heterocycles. The van der Waals surface area contributed by atoms with Crippen molar-refractivity contribution in [3.63, 3.8) is 0 Å². The maximum atomic E-state index is 4.71. The average molecular weight is 265 g/mol. The van der Waals surface area contributed by atoms with Gasteiger partial charge in [-0.1, -0.05) is 31.2 Å². The molecule has 1 N–H and O–H groups in total. The summed E-state index contributed by atoms with van der Waals surface area (Å²) in [5.74, 6) is 0. The molecule has 3 heteroatoms. The summed E-state index contributed by atoms with van der Waals surface area (Å²) >= 11 is 0. The zero-order chi connectivity index (χ0) is 13.8. The average Bonchev–Trinajstić information content (AvgIpc) is 2.92. The minimum Gasteiger partial charge on any atom is -0.348 e. The largest absolute Gasteiger partial charge is 0.348 e. The van der Waals surface area contributed by atoms with Crippen molar-refractivity contribution in [1.82, 2.24) is 14.9 Å². The van der Waals surface area contributed by atoms with E-state index in [9.17, 15) is 0 Å². The van der Waals surface area contributed by atoms with E-state index in [2.05, 4.69) is 59.5 Å². The predicted molar refractivity (Wildman–Crippen MR) is 82.7 cm³/mol. The van der Waals surface area contributed by atoms with Crippen molar-refractivity contribution in [3.8, 4) is 0 Å². The van der Waals surface area contributed by atoms with Crippen LogP contribution in [0.15, 0.2) is 54.9 Å². The molecule has 2 heterocycles. The maximum Gasteiger partial charge on any atom is 0.0706 e. The summed E-state index contributed by atoms with van der Waals surface area (Å²) in [5.41, 5.74) is 3.46. The van der Waals surface area contributed by atoms with Crippen molar-refractivity contribution in [1.29, 1.82) is 0 Å². The van der Waals surface area contributed by atoms with Crippen LogP contribution < -0.4 is 5.32 Å². The third-order valence-electron chi connectivity index (χ3n) is 3.39. The van der Waals surface area contributed by atoms with E-state index in [0.29, 0.717) is 0 Å². The molecular weight excluding hydrogens is 246 g/mol. The molecule has 3 aromatic rings. The van der Waals surface area contributed by atoms with E-state index in [1.54, 1.807) is 0 Å². The molecule has 0 fully saturated rings. The highest BCUT2D eigenvalue weighted by Gasteiger charge is 2.01. The topological polar surface area (TPSA) is 29.9 Å². The number of rotatable bonds is 5. The minimum absolute atomic E-state index is 0.816. The fourth-order valence-corrected chi connectivity index (χ4v) is 2.35. The Hall–Kier alpha value is -2.13. The van der Waals surface area contributed by atoms with Crippen molar-refractivity contribution in [2.75, 3.05) is 6.54 Å². The Balaban J connectivity index is 1.76. The standard InChI is InChI=1S/C17H19N3/c1-2-18-11-14-9-10-20(12-14)13-16-8-7-15-5-3-4-6-17(15)19-16/h3-10,12,18H,2,11,13H2,1H3. The zero-order valence-electron chi connectivity index (χ0n) is 11.7. The number of pyridine rings is 1. The second-order valence-corrected chi connectivity index (χ2v) is 4.97. The van der Waals surface area contributed by atoms with Crippen LogP contribution >= 0.6 is 0 Å². The van der Waals surface area contributed by atoms with Gasteiger partial charge in [-0.05, 0) is 30.3 Å². The molecule has 0 aliphatic heterocycles. The van der Waals surface area contributed by atoms with Crippen LogP contribution in [0.25, 0.3) is 10.9 Å². The van der Waals surface area contributed by atoms with Crippen LogP contribution in [0.3, 0.4) is 0 Å². The maximum absolute atomic E-state index is 4.71. The molecular formula is C17H19N3. The van der Waals surface area contributed by atoms with Crippen LogP contribution in [0.1, 0.15) is 18.2 Å². The van der Waals surface area contributed by atoms with Gasteiger partial charge in [0.25, 0.3) is 0 Å². The monoisotopic (exact) mass is 265 g/mol. The van der Waals surface area contributed by atoms with Gasteiger partial charge in [-0.15, -0.1) is 0 Å². The Bertz CT molecular complexity index is 700.